The van der Waals surface area contributed by atoms with E-state index in [4.69, 9.17) is 5.26 Å². The molecule has 0 aromatic heterocycles. The van der Waals surface area contributed by atoms with Gasteiger partial charge in [0.05, 0.1) is 11.6 Å². The van der Waals surface area contributed by atoms with Gasteiger partial charge >= 0.3 is 5.91 Å². The van der Waals surface area contributed by atoms with Gasteiger partial charge < -0.3 is 10.6 Å². The number of hydrogen-bond acceptors (Lipinski definition) is 3. The average molecular weight is 333 g/mol. The number of benzene rings is 1. The summed E-state index contributed by atoms with van der Waals surface area (Å²) in [5.74, 6) is 0.400. The van der Waals surface area contributed by atoms with Crippen molar-refractivity contribution in [2.75, 3.05) is 0 Å². The molecular formula is C20H21N4O+. The maximum Gasteiger partial charge on any atom is 0.318 e. The fourth-order valence-electron chi connectivity index (χ4n) is 2.58. The quantitative estimate of drug-likeness (QED) is 0.556. The number of allylic oxidation sites excluding steroid dienone is 3. The second-order valence-corrected chi connectivity index (χ2v) is 6.22. The van der Waals surface area contributed by atoms with Crippen LogP contribution in [0.15, 0.2) is 60.1 Å². The molecule has 0 bridgehead atoms. The standard InChI is InChI=1S/C20H20N4O/c1-14(17-9-10-17)24-19(18-4-2-3-11-22-18)20(25)23-13-16-7-5-15(12-21)6-8-16/h2-8,11,17,22H,9-10,13H2,1H3,(H,23,25)/p+1/b19-18-,24-14?. The van der Waals surface area contributed by atoms with Crippen LogP contribution in [0.3, 0.4) is 0 Å². The molecular weight excluding hydrogens is 312 g/mol. The van der Waals surface area contributed by atoms with Gasteiger partial charge in [0, 0.05) is 25.6 Å². The van der Waals surface area contributed by atoms with Gasteiger partial charge in [-0.3, -0.25) is 4.79 Å². The Morgan fingerprint density at radius 1 is 1.32 bits per heavy atom. The van der Waals surface area contributed by atoms with Gasteiger partial charge in [-0.1, -0.05) is 18.2 Å². The van der Waals surface area contributed by atoms with E-state index in [9.17, 15) is 4.79 Å². The van der Waals surface area contributed by atoms with Gasteiger partial charge in [0.15, 0.2) is 5.71 Å². The Labute approximate surface area is 147 Å². The molecule has 5 heteroatoms. The molecule has 1 aromatic rings. The molecule has 126 valence electrons. The Bertz CT molecular complexity index is 818. The first kappa shape index (κ1) is 16.7. The SMILES string of the molecule is CC(=[NH+]/C(C(=O)NCc1ccc(C#N)cc1)=C1/C=CC=CN1)C1CC1. The van der Waals surface area contributed by atoms with E-state index in [1.54, 1.807) is 18.3 Å². The van der Waals surface area contributed by atoms with E-state index in [0.717, 1.165) is 17.0 Å². The second-order valence-electron chi connectivity index (χ2n) is 6.22. The molecule has 1 aromatic carbocycles. The second kappa shape index (κ2) is 7.63. The third-order valence-electron chi connectivity index (χ3n) is 4.25. The number of hydrogen-bond donors (Lipinski definition) is 3. The molecule has 1 amide bonds. The Kier molecular flexibility index (Phi) is 5.10. The third-order valence-corrected chi connectivity index (χ3v) is 4.25. The van der Waals surface area contributed by atoms with Crippen molar-refractivity contribution < 1.29 is 9.79 Å². The minimum Gasteiger partial charge on any atom is -0.356 e. The van der Waals surface area contributed by atoms with E-state index in [0.29, 0.717) is 23.7 Å². The van der Waals surface area contributed by atoms with Crippen molar-refractivity contribution in [2.24, 2.45) is 5.92 Å². The van der Waals surface area contributed by atoms with Crippen molar-refractivity contribution in [1.29, 1.82) is 5.26 Å². The normalized spacial score (nSPS) is 18.3. The lowest BCUT2D eigenvalue weighted by molar-refractivity contribution is -0.395. The van der Waals surface area contributed by atoms with Gasteiger partial charge in [-0.05, 0) is 42.7 Å². The molecule has 5 nitrogen and oxygen atoms in total. The lowest BCUT2D eigenvalue weighted by atomic mass is 10.1. The molecule has 0 saturated heterocycles. The first-order chi connectivity index (χ1) is 12.2. The van der Waals surface area contributed by atoms with E-state index in [2.05, 4.69) is 21.7 Å². The van der Waals surface area contributed by atoms with Gasteiger partial charge in [-0.2, -0.15) is 5.26 Å². The molecule has 1 fully saturated rings. The van der Waals surface area contributed by atoms with Gasteiger partial charge in [0.1, 0.15) is 5.70 Å². The smallest absolute Gasteiger partial charge is 0.318 e. The Morgan fingerprint density at radius 3 is 2.68 bits per heavy atom. The molecule has 25 heavy (non-hydrogen) atoms. The maximum atomic E-state index is 12.7. The molecule has 2 aliphatic rings. The molecule has 1 aliphatic carbocycles. The molecule has 1 heterocycles. The first-order valence-corrected chi connectivity index (χ1v) is 8.39. The fourth-order valence-corrected chi connectivity index (χ4v) is 2.58. The summed E-state index contributed by atoms with van der Waals surface area (Å²) < 4.78 is 0. The Morgan fingerprint density at radius 2 is 2.08 bits per heavy atom. The number of nitrogens with one attached hydrogen (secondary N) is 3. The van der Waals surface area contributed by atoms with Crippen LogP contribution in [0, 0.1) is 17.2 Å². The highest BCUT2D eigenvalue weighted by Crippen LogP contribution is 2.28. The van der Waals surface area contributed by atoms with E-state index in [1.807, 2.05) is 37.3 Å². The first-order valence-electron chi connectivity index (χ1n) is 8.39. The van der Waals surface area contributed by atoms with E-state index >= 15 is 0 Å². The minimum atomic E-state index is -0.160. The summed E-state index contributed by atoms with van der Waals surface area (Å²) in [6.07, 6.45) is 9.82. The van der Waals surface area contributed by atoms with Crippen LogP contribution in [-0.4, -0.2) is 11.6 Å². The number of carbonyl (C=O) groups excluding carboxylic acids is 1. The highest BCUT2D eigenvalue weighted by atomic mass is 16.2. The van der Waals surface area contributed by atoms with Gasteiger partial charge in [-0.25, -0.2) is 4.99 Å². The van der Waals surface area contributed by atoms with Crippen LogP contribution in [0.1, 0.15) is 30.9 Å². The third kappa shape index (κ3) is 4.45. The van der Waals surface area contributed by atoms with Crippen LogP contribution >= 0.6 is 0 Å². The number of dihydropyridines is 1. The molecule has 1 aliphatic heterocycles. The summed E-state index contributed by atoms with van der Waals surface area (Å²) in [5.41, 5.74) is 3.96. The van der Waals surface area contributed by atoms with Crippen molar-refractivity contribution in [3.63, 3.8) is 0 Å². The lowest BCUT2D eigenvalue weighted by Crippen LogP contribution is -2.74. The molecule has 0 spiro atoms. The van der Waals surface area contributed by atoms with E-state index in [-0.39, 0.29) is 5.91 Å². The predicted molar refractivity (Wildman–Crippen MR) is 95.8 cm³/mol. The lowest BCUT2D eigenvalue weighted by Gasteiger charge is -2.09. The zero-order valence-corrected chi connectivity index (χ0v) is 14.2. The minimum absolute atomic E-state index is 0.160. The summed E-state index contributed by atoms with van der Waals surface area (Å²) in [5, 5.41) is 14.9. The monoisotopic (exact) mass is 333 g/mol. The van der Waals surface area contributed by atoms with E-state index < -0.39 is 0 Å². The summed E-state index contributed by atoms with van der Waals surface area (Å²) in [6.45, 7) is 2.44. The van der Waals surface area contributed by atoms with Crippen molar-refractivity contribution in [2.45, 2.75) is 26.3 Å². The van der Waals surface area contributed by atoms with Crippen LogP contribution in [0.5, 0.6) is 0 Å². The highest BCUT2D eigenvalue weighted by molar-refractivity contribution is 5.93. The number of nitriles is 1. The van der Waals surface area contributed by atoms with Gasteiger partial charge in [-0.15, -0.1) is 0 Å². The van der Waals surface area contributed by atoms with Crippen LogP contribution in [-0.2, 0) is 11.3 Å². The van der Waals surface area contributed by atoms with Crippen molar-refractivity contribution in [3.05, 3.63) is 71.2 Å². The topological polar surface area (TPSA) is 78.9 Å². The van der Waals surface area contributed by atoms with E-state index in [1.165, 1.54) is 12.8 Å². The number of amides is 1. The van der Waals surface area contributed by atoms with Crippen LogP contribution in [0.2, 0.25) is 0 Å². The van der Waals surface area contributed by atoms with Gasteiger partial charge in [0.25, 0.3) is 5.70 Å². The summed E-state index contributed by atoms with van der Waals surface area (Å²) in [6, 6.07) is 9.29. The Hall–Kier alpha value is -3.13. The zero-order valence-electron chi connectivity index (χ0n) is 14.2. The molecule has 3 rings (SSSR count). The van der Waals surface area contributed by atoms with Crippen molar-refractivity contribution >= 4 is 11.6 Å². The Balaban J connectivity index is 1.74. The van der Waals surface area contributed by atoms with Crippen LogP contribution in [0.4, 0.5) is 0 Å². The molecule has 0 radical (unpaired) electrons. The maximum absolute atomic E-state index is 12.7. The average Bonchev–Trinajstić information content (AvgIpc) is 3.50. The summed E-state index contributed by atoms with van der Waals surface area (Å²) >= 11 is 0. The van der Waals surface area contributed by atoms with Crippen LogP contribution < -0.4 is 15.6 Å². The molecule has 0 unspecified atom stereocenters. The summed E-state index contributed by atoms with van der Waals surface area (Å²) in [7, 11) is 0. The number of rotatable bonds is 5. The molecule has 3 N–H and O–H groups in total. The molecule has 0 atom stereocenters. The predicted octanol–water partition coefficient (Wildman–Crippen LogP) is 1.01. The van der Waals surface area contributed by atoms with Gasteiger partial charge in [0.2, 0.25) is 0 Å². The zero-order chi connectivity index (χ0) is 17.6. The largest absolute Gasteiger partial charge is 0.356 e. The fraction of sp³-hybridized carbons (Fsp3) is 0.250. The number of carbonyl (C=O) groups is 1. The molecule has 1 saturated carbocycles. The van der Waals surface area contributed by atoms with Crippen LogP contribution in [0.25, 0.3) is 0 Å². The van der Waals surface area contributed by atoms with Crippen molar-refractivity contribution in [3.8, 4) is 6.07 Å². The highest BCUT2D eigenvalue weighted by Gasteiger charge is 2.31. The summed E-state index contributed by atoms with van der Waals surface area (Å²) in [4.78, 5) is 16.0. The van der Waals surface area contributed by atoms with Crippen molar-refractivity contribution in [1.82, 2.24) is 10.6 Å². The number of nitrogens with zero attached hydrogens (tertiary/aromatic N) is 1.